The van der Waals surface area contributed by atoms with Crippen LogP contribution in [-0.2, 0) is 16.1 Å². The third-order valence-electron chi connectivity index (χ3n) is 4.95. The predicted molar refractivity (Wildman–Crippen MR) is 139 cm³/mol. The highest BCUT2D eigenvalue weighted by atomic mass is 35.5. The lowest BCUT2D eigenvalue weighted by molar-refractivity contribution is -0.140. The van der Waals surface area contributed by atoms with Gasteiger partial charge in [0.05, 0.1) is 15.2 Å². The number of amides is 1. The Labute approximate surface area is 212 Å². The molecule has 33 heavy (non-hydrogen) atoms. The first-order chi connectivity index (χ1) is 15.7. The second-order valence-electron chi connectivity index (χ2n) is 6.93. The second-order valence-corrected chi connectivity index (χ2v) is 11.1. The fourth-order valence-corrected chi connectivity index (χ4v) is 7.25. The van der Waals surface area contributed by atoms with E-state index >= 15 is 0 Å². The van der Waals surface area contributed by atoms with Crippen molar-refractivity contribution in [2.24, 2.45) is 0 Å². The summed E-state index contributed by atoms with van der Waals surface area (Å²) in [6.45, 7) is 4.48. The minimum absolute atomic E-state index is 0.172. The Kier molecular flexibility index (Phi) is 7.06. The molecule has 0 atom stereocenters. The van der Waals surface area contributed by atoms with E-state index < -0.39 is 18.4 Å². The fraction of sp³-hybridized carbons (Fsp3) is 0.238. The van der Waals surface area contributed by atoms with E-state index in [1.807, 2.05) is 38.1 Å². The van der Waals surface area contributed by atoms with E-state index in [1.165, 1.54) is 15.9 Å². The third kappa shape index (κ3) is 4.52. The number of aromatic nitrogens is 1. The summed E-state index contributed by atoms with van der Waals surface area (Å²) in [5.74, 6) is -1.64. The Morgan fingerprint density at radius 2 is 1.91 bits per heavy atom. The van der Waals surface area contributed by atoms with Gasteiger partial charge in [-0.25, -0.2) is 0 Å². The standard InChI is InChI=1S/C21H18ClN3O4S4/c1-3-23-12-9-11(22)5-6-13(12)31-15(23)8-7-14-18(28)24(4-2)20(32-14)17-19(29)25(10-16(26)27)21(30)33-17/h5-9H,3-4,10H2,1-2H3,(H,26,27). The van der Waals surface area contributed by atoms with Crippen LogP contribution in [0, 0.1) is 0 Å². The van der Waals surface area contributed by atoms with Gasteiger partial charge in [0.25, 0.3) is 11.5 Å². The number of thiazole rings is 1. The minimum Gasteiger partial charge on any atom is -0.480 e. The van der Waals surface area contributed by atoms with E-state index in [2.05, 4.69) is 4.90 Å². The molecule has 0 aliphatic carbocycles. The van der Waals surface area contributed by atoms with Gasteiger partial charge in [0.1, 0.15) is 20.4 Å². The molecule has 7 nitrogen and oxygen atoms in total. The normalized spacial score (nSPS) is 19.2. The summed E-state index contributed by atoms with van der Waals surface area (Å²) in [5, 5.41) is 10.7. The maximum absolute atomic E-state index is 13.0. The number of aliphatic carboxylic acids is 1. The number of carbonyl (C=O) groups excluding carboxylic acids is 1. The number of carboxylic acid groups (broad SMARTS) is 1. The second kappa shape index (κ2) is 9.67. The molecule has 0 spiro atoms. The van der Waals surface area contributed by atoms with E-state index in [1.54, 1.807) is 17.8 Å². The lowest BCUT2D eigenvalue weighted by Gasteiger charge is -2.17. The van der Waals surface area contributed by atoms with Crippen LogP contribution in [0.3, 0.4) is 0 Å². The SMILES string of the molecule is CCN1C(=CC=c2sc(=C3SC(=S)N(CC(=O)O)C3=O)n(CC)c2=O)Sc2ccc(Cl)cc21. The molecule has 4 rings (SSSR count). The van der Waals surface area contributed by atoms with Crippen LogP contribution in [0.5, 0.6) is 0 Å². The maximum Gasteiger partial charge on any atom is 0.323 e. The number of hydrogen-bond donors (Lipinski definition) is 1. The van der Waals surface area contributed by atoms with Crippen LogP contribution in [-0.4, -0.2) is 43.9 Å². The van der Waals surface area contributed by atoms with Crippen LogP contribution in [0.25, 0.3) is 11.0 Å². The molecule has 2 aliphatic rings. The Hall–Kier alpha value is -2.05. The number of thiocarbonyl (C=S) groups is 1. The van der Waals surface area contributed by atoms with Crippen LogP contribution in [0.15, 0.2) is 39.0 Å². The number of benzene rings is 1. The number of rotatable bonds is 5. The van der Waals surface area contributed by atoms with E-state index in [4.69, 9.17) is 28.9 Å². The maximum atomic E-state index is 13.0. The summed E-state index contributed by atoms with van der Waals surface area (Å²) >= 11 is 15.2. The Bertz CT molecular complexity index is 1400. The highest BCUT2D eigenvalue weighted by Gasteiger charge is 2.35. The molecule has 0 unspecified atom stereocenters. The van der Waals surface area contributed by atoms with E-state index in [0.29, 0.717) is 20.8 Å². The van der Waals surface area contributed by atoms with Gasteiger partial charge in [-0.3, -0.25) is 23.9 Å². The van der Waals surface area contributed by atoms with Gasteiger partial charge >= 0.3 is 5.97 Å². The molecule has 172 valence electrons. The van der Waals surface area contributed by atoms with Crippen molar-refractivity contribution in [3.05, 3.63) is 53.9 Å². The van der Waals surface area contributed by atoms with E-state index in [0.717, 1.165) is 38.8 Å². The lowest BCUT2D eigenvalue weighted by atomic mass is 10.3. The van der Waals surface area contributed by atoms with E-state index in [-0.39, 0.29) is 14.8 Å². The highest BCUT2D eigenvalue weighted by Crippen LogP contribution is 2.46. The van der Waals surface area contributed by atoms with Gasteiger partial charge in [-0.2, -0.15) is 0 Å². The van der Waals surface area contributed by atoms with Crippen molar-refractivity contribution in [3.8, 4) is 0 Å². The van der Waals surface area contributed by atoms with Crippen molar-refractivity contribution in [1.82, 2.24) is 9.47 Å². The molecule has 1 saturated heterocycles. The molecule has 0 bridgehead atoms. The van der Waals surface area contributed by atoms with Crippen LogP contribution >= 0.6 is 58.7 Å². The van der Waals surface area contributed by atoms with Gasteiger partial charge in [0, 0.05) is 23.0 Å². The first kappa shape index (κ1) is 24.1. The molecule has 0 radical (unpaired) electrons. The van der Waals surface area contributed by atoms with Crippen LogP contribution < -0.4 is 19.7 Å². The zero-order chi connectivity index (χ0) is 23.9. The highest BCUT2D eigenvalue weighted by molar-refractivity contribution is 8.30. The average molecular weight is 540 g/mol. The Morgan fingerprint density at radius 3 is 2.58 bits per heavy atom. The molecule has 1 aromatic carbocycles. The summed E-state index contributed by atoms with van der Waals surface area (Å²) < 4.78 is 2.66. The number of thioether (sulfide) groups is 2. The Morgan fingerprint density at radius 1 is 1.15 bits per heavy atom. The molecule has 0 saturated carbocycles. The lowest BCUT2D eigenvalue weighted by Crippen LogP contribution is -2.35. The zero-order valence-electron chi connectivity index (χ0n) is 17.5. The van der Waals surface area contributed by atoms with Gasteiger partial charge in [-0.1, -0.05) is 47.3 Å². The van der Waals surface area contributed by atoms with Gasteiger partial charge in [-0.05, 0) is 44.2 Å². The monoisotopic (exact) mass is 539 g/mol. The number of nitrogens with zero attached hydrogens (tertiary/aromatic N) is 3. The number of halogens is 1. The minimum atomic E-state index is -1.15. The van der Waals surface area contributed by atoms with Crippen LogP contribution in [0.1, 0.15) is 13.8 Å². The van der Waals surface area contributed by atoms with Gasteiger partial charge in [-0.15, -0.1) is 11.3 Å². The molecule has 1 N–H and O–H groups in total. The molecule has 1 amide bonds. The van der Waals surface area contributed by atoms with Crippen molar-refractivity contribution in [2.45, 2.75) is 25.3 Å². The number of anilines is 1. The molecule has 2 aromatic rings. The molecular weight excluding hydrogens is 522 g/mol. The zero-order valence-corrected chi connectivity index (χ0v) is 21.6. The van der Waals surface area contributed by atoms with Crippen molar-refractivity contribution in [1.29, 1.82) is 0 Å². The molecule has 1 aromatic heterocycles. The quantitative estimate of drug-likeness (QED) is 0.581. The summed E-state index contributed by atoms with van der Waals surface area (Å²) in [6, 6.07) is 5.75. The average Bonchev–Trinajstić information content (AvgIpc) is 3.37. The number of carbonyl (C=O) groups is 2. The predicted octanol–water partition coefficient (Wildman–Crippen LogP) is 2.89. The number of fused-ring (bicyclic) bond motifs is 1. The molecule has 12 heteroatoms. The third-order valence-corrected chi connectivity index (χ3v) is 9.03. The summed E-state index contributed by atoms with van der Waals surface area (Å²) in [5.41, 5.74) is 0.826. The number of hydrogen-bond acceptors (Lipinski definition) is 8. The molecule has 2 aliphatic heterocycles. The van der Waals surface area contributed by atoms with Gasteiger partial charge in [0.15, 0.2) is 0 Å². The topological polar surface area (TPSA) is 82.8 Å². The first-order valence-electron chi connectivity index (χ1n) is 9.91. The van der Waals surface area contributed by atoms with Crippen molar-refractivity contribution in [3.63, 3.8) is 0 Å². The van der Waals surface area contributed by atoms with Crippen molar-refractivity contribution in [2.75, 3.05) is 18.0 Å². The number of carboxylic acids is 1. The van der Waals surface area contributed by atoms with E-state index in [9.17, 15) is 14.4 Å². The summed E-state index contributed by atoms with van der Waals surface area (Å²) in [7, 11) is 0. The van der Waals surface area contributed by atoms with Crippen LogP contribution in [0.2, 0.25) is 5.02 Å². The summed E-state index contributed by atoms with van der Waals surface area (Å²) in [6.07, 6.45) is 3.66. The summed E-state index contributed by atoms with van der Waals surface area (Å²) in [4.78, 5) is 41.5. The molecule has 3 heterocycles. The largest absolute Gasteiger partial charge is 0.480 e. The van der Waals surface area contributed by atoms with Gasteiger partial charge < -0.3 is 10.0 Å². The molecule has 1 fully saturated rings. The van der Waals surface area contributed by atoms with Crippen molar-refractivity contribution >= 4 is 91.5 Å². The fourth-order valence-electron chi connectivity index (χ4n) is 3.46. The van der Waals surface area contributed by atoms with Gasteiger partial charge in [0.2, 0.25) is 0 Å². The number of allylic oxidation sites excluding steroid dienone is 1. The van der Waals surface area contributed by atoms with Crippen LogP contribution in [0.4, 0.5) is 5.69 Å². The van der Waals surface area contributed by atoms with Crippen molar-refractivity contribution < 1.29 is 14.7 Å². The first-order valence-corrected chi connectivity index (χ1v) is 13.1. The smallest absolute Gasteiger partial charge is 0.323 e. The molecular formula is C21H18ClN3O4S4. The Balaban J connectivity index is 1.78.